The molecule has 0 radical (unpaired) electrons. The van der Waals surface area contributed by atoms with Crippen LogP contribution >= 0.6 is 11.3 Å². The summed E-state index contributed by atoms with van der Waals surface area (Å²) in [4.78, 5) is 17.3. The Morgan fingerprint density at radius 3 is 2.48 bits per heavy atom. The predicted molar refractivity (Wildman–Crippen MR) is 102 cm³/mol. The van der Waals surface area contributed by atoms with Crippen LogP contribution in [0.1, 0.15) is 37.7 Å². The van der Waals surface area contributed by atoms with Crippen LogP contribution in [0.15, 0.2) is 35.4 Å². The highest BCUT2D eigenvalue weighted by Gasteiger charge is 2.63. The van der Waals surface area contributed by atoms with Gasteiger partial charge in [-0.3, -0.25) is 4.79 Å². The van der Waals surface area contributed by atoms with Gasteiger partial charge in [0.2, 0.25) is 5.91 Å². The van der Waals surface area contributed by atoms with Gasteiger partial charge in [0.25, 0.3) is 0 Å². The van der Waals surface area contributed by atoms with E-state index in [9.17, 15) is 17.6 Å². The molecule has 1 heterocycles. The number of amides is 1. The molecule has 27 heavy (non-hydrogen) atoms. The van der Waals surface area contributed by atoms with Crippen LogP contribution in [-0.4, -0.2) is 25.6 Å². The first kappa shape index (κ1) is 18.6. The van der Waals surface area contributed by atoms with E-state index in [2.05, 4.69) is 10.3 Å². The van der Waals surface area contributed by atoms with Gasteiger partial charge in [-0.05, 0) is 36.0 Å². The van der Waals surface area contributed by atoms with Gasteiger partial charge < -0.3 is 5.32 Å². The monoisotopic (exact) mass is 408 g/mol. The molecule has 4 rings (SSSR count). The van der Waals surface area contributed by atoms with Crippen molar-refractivity contribution in [2.24, 2.45) is 11.8 Å². The van der Waals surface area contributed by atoms with Crippen LogP contribution in [0, 0.1) is 17.0 Å². The van der Waals surface area contributed by atoms with Crippen molar-refractivity contribution >= 4 is 32.2 Å². The smallest absolute Gasteiger partial charge is 0.237 e. The minimum absolute atomic E-state index is 0.180. The average Bonchev–Trinajstić information content (AvgIpc) is 2.94. The predicted octanol–water partition coefficient (Wildman–Crippen LogP) is 3.77. The molecule has 1 aromatic heterocycles. The standard InChI is InChI=1S/C19H21FN2O3S2/c1-27(24,25)14-8-6-13(7-9-14)19(10-15(19)12-4-2-3-5-12)17(23)22-18-21-11-16(20)26-18/h6-9,11-12,15H,2-5,10H2,1H3,(H,21,22,23). The van der Waals surface area contributed by atoms with Gasteiger partial charge in [0.1, 0.15) is 0 Å². The van der Waals surface area contributed by atoms with Gasteiger partial charge in [-0.15, -0.1) is 0 Å². The molecule has 1 N–H and O–H groups in total. The number of halogens is 1. The lowest BCUT2D eigenvalue weighted by molar-refractivity contribution is -0.119. The highest BCUT2D eigenvalue weighted by molar-refractivity contribution is 7.90. The Labute approximate surface area is 161 Å². The highest BCUT2D eigenvalue weighted by Crippen LogP contribution is 2.61. The lowest BCUT2D eigenvalue weighted by atomic mass is 9.87. The molecule has 1 aromatic carbocycles. The summed E-state index contributed by atoms with van der Waals surface area (Å²) < 4.78 is 36.7. The number of carbonyl (C=O) groups excluding carboxylic acids is 1. The maximum Gasteiger partial charge on any atom is 0.237 e. The van der Waals surface area contributed by atoms with Crippen LogP contribution in [0.2, 0.25) is 0 Å². The number of rotatable bonds is 5. The first-order valence-electron chi connectivity index (χ1n) is 9.04. The number of hydrogen-bond donors (Lipinski definition) is 1. The van der Waals surface area contributed by atoms with Gasteiger partial charge in [0.15, 0.2) is 20.1 Å². The molecule has 2 atom stereocenters. The Balaban J connectivity index is 1.66. The zero-order valence-electron chi connectivity index (χ0n) is 14.9. The van der Waals surface area contributed by atoms with E-state index in [1.165, 1.54) is 19.1 Å². The summed E-state index contributed by atoms with van der Waals surface area (Å²) in [7, 11) is -3.29. The second kappa shape index (κ2) is 6.67. The van der Waals surface area contributed by atoms with E-state index in [1.54, 1.807) is 24.3 Å². The molecule has 2 saturated carbocycles. The summed E-state index contributed by atoms with van der Waals surface area (Å²) in [5, 5.41) is 2.58. The Kier molecular flexibility index (Phi) is 4.58. The summed E-state index contributed by atoms with van der Waals surface area (Å²) in [5.74, 6) is 0.549. The Bertz CT molecular complexity index is 965. The highest BCUT2D eigenvalue weighted by atomic mass is 32.2. The average molecular weight is 409 g/mol. The number of nitrogens with zero attached hydrogens (tertiary/aromatic N) is 1. The second-order valence-electron chi connectivity index (χ2n) is 7.55. The molecule has 2 aliphatic rings. The number of aromatic nitrogens is 1. The number of sulfone groups is 1. The molecule has 0 bridgehead atoms. The fourth-order valence-corrected chi connectivity index (χ4v) is 5.63. The third-order valence-electron chi connectivity index (χ3n) is 5.88. The minimum atomic E-state index is -3.29. The van der Waals surface area contributed by atoms with E-state index < -0.39 is 20.4 Å². The van der Waals surface area contributed by atoms with Gasteiger partial charge in [-0.2, -0.15) is 4.39 Å². The fourth-order valence-electron chi connectivity index (χ4n) is 4.46. The quantitative estimate of drug-likeness (QED) is 0.817. The van der Waals surface area contributed by atoms with Crippen LogP contribution < -0.4 is 5.32 Å². The molecule has 8 heteroatoms. The summed E-state index contributed by atoms with van der Waals surface area (Å²) in [6.45, 7) is 0. The number of carbonyl (C=O) groups is 1. The lowest BCUT2D eigenvalue weighted by Gasteiger charge is -2.20. The number of anilines is 1. The van der Waals surface area contributed by atoms with Gasteiger partial charge in [0, 0.05) is 6.26 Å². The molecule has 2 aliphatic carbocycles. The second-order valence-corrected chi connectivity index (χ2v) is 10.5. The van der Waals surface area contributed by atoms with Crippen molar-refractivity contribution in [2.75, 3.05) is 11.6 Å². The van der Waals surface area contributed by atoms with Crippen LogP contribution in [0.25, 0.3) is 0 Å². The van der Waals surface area contributed by atoms with Crippen LogP contribution in [0.5, 0.6) is 0 Å². The fraction of sp³-hybridized carbons (Fsp3) is 0.474. The molecular formula is C19H21FN2O3S2. The number of hydrogen-bond acceptors (Lipinski definition) is 5. The zero-order valence-corrected chi connectivity index (χ0v) is 16.6. The van der Waals surface area contributed by atoms with E-state index >= 15 is 0 Å². The summed E-state index contributed by atoms with van der Waals surface area (Å²) in [6, 6.07) is 6.61. The topological polar surface area (TPSA) is 76.1 Å². The molecule has 0 aliphatic heterocycles. The summed E-state index contributed by atoms with van der Waals surface area (Å²) in [6.07, 6.45) is 7.60. The maximum absolute atomic E-state index is 13.2. The first-order valence-corrected chi connectivity index (χ1v) is 11.7. The third kappa shape index (κ3) is 3.40. The number of thiazole rings is 1. The van der Waals surface area contributed by atoms with Crippen LogP contribution in [-0.2, 0) is 20.0 Å². The van der Waals surface area contributed by atoms with Crippen molar-refractivity contribution in [3.63, 3.8) is 0 Å². The molecule has 5 nitrogen and oxygen atoms in total. The molecule has 2 aromatic rings. The lowest BCUT2D eigenvalue weighted by Crippen LogP contribution is -2.31. The molecule has 2 unspecified atom stereocenters. The largest absolute Gasteiger partial charge is 0.301 e. The number of nitrogens with one attached hydrogen (secondary N) is 1. The van der Waals surface area contributed by atoms with Crippen molar-refractivity contribution in [1.82, 2.24) is 4.98 Å². The first-order chi connectivity index (χ1) is 12.8. The van der Waals surface area contributed by atoms with E-state index in [4.69, 9.17) is 0 Å². The van der Waals surface area contributed by atoms with Gasteiger partial charge in [-0.1, -0.05) is 49.2 Å². The van der Waals surface area contributed by atoms with Crippen LogP contribution in [0.3, 0.4) is 0 Å². The van der Waals surface area contributed by atoms with Crippen molar-refractivity contribution in [2.45, 2.75) is 42.4 Å². The Hall–Kier alpha value is -1.80. The van der Waals surface area contributed by atoms with Gasteiger partial charge in [0.05, 0.1) is 16.5 Å². The summed E-state index contributed by atoms with van der Waals surface area (Å²) in [5.41, 5.74) is 0.133. The molecule has 1 amide bonds. The third-order valence-corrected chi connectivity index (χ3v) is 7.71. The van der Waals surface area contributed by atoms with Gasteiger partial charge in [-0.25, -0.2) is 13.4 Å². The zero-order chi connectivity index (χ0) is 19.2. The van der Waals surface area contributed by atoms with Crippen molar-refractivity contribution in [3.05, 3.63) is 41.2 Å². The molecule has 0 spiro atoms. The molecule has 0 saturated heterocycles. The van der Waals surface area contributed by atoms with E-state index in [-0.39, 0.29) is 21.9 Å². The SMILES string of the molecule is CS(=O)(=O)c1ccc(C2(C(=O)Nc3ncc(F)s3)CC2C2CCCC2)cc1. The normalized spacial score (nSPS) is 25.5. The van der Waals surface area contributed by atoms with Crippen molar-refractivity contribution in [1.29, 1.82) is 0 Å². The van der Waals surface area contributed by atoms with Crippen LogP contribution in [0.4, 0.5) is 9.52 Å². The van der Waals surface area contributed by atoms with Crippen molar-refractivity contribution < 1.29 is 17.6 Å². The van der Waals surface area contributed by atoms with E-state index in [1.807, 2.05) is 0 Å². The number of benzene rings is 1. The maximum atomic E-state index is 13.2. The van der Waals surface area contributed by atoms with E-state index in [0.29, 0.717) is 5.92 Å². The molecule has 144 valence electrons. The Morgan fingerprint density at radius 1 is 1.26 bits per heavy atom. The molecule has 2 fully saturated rings. The van der Waals surface area contributed by atoms with E-state index in [0.717, 1.165) is 42.4 Å². The van der Waals surface area contributed by atoms with Gasteiger partial charge >= 0.3 is 0 Å². The minimum Gasteiger partial charge on any atom is -0.301 e. The van der Waals surface area contributed by atoms with Crippen molar-refractivity contribution in [3.8, 4) is 0 Å². The Morgan fingerprint density at radius 2 is 1.93 bits per heavy atom. The molecular weight excluding hydrogens is 387 g/mol. The summed E-state index contributed by atoms with van der Waals surface area (Å²) >= 11 is 0.805.